The van der Waals surface area contributed by atoms with Gasteiger partial charge in [-0.25, -0.2) is 4.98 Å². The van der Waals surface area contributed by atoms with Gasteiger partial charge in [0.05, 0.1) is 18.3 Å². The molecule has 0 radical (unpaired) electrons. The Morgan fingerprint density at radius 1 is 1.61 bits per heavy atom. The van der Waals surface area contributed by atoms with Gasteiger partial charge in [0.15, 0.2) is 0 Å². The number of pyridine rings is 1. The number of hydrogen-bond donors (Lipinski definition) is 2. The minimum atomic E-state index is 0.0667. The molecule has 1 aromatic heterocycles. The van der Waals surface area contributed by atoms with Crippen molar-refractivity contribution in [3.05, 3.63) is 23.4 Å². The van der Waals surface area contributed by atoms with E-state index in [9.17, 15) is 0 Å². The quantitative estimate of drug-likeness (QED) is 0.624. The number of nitrogen functional groups attached to an aromatic ring is 1. The molecular formula is C13H20N4O. The second kappa shape index (κ2) is 5.35. The van der Waals surface area contributed by atoms with E-state index in [1.165, 1.54) is 0 Å². The molecule has 1 aliphatic heterocycles. The highest BCUT2D eigenvalue weighted by Gasteiger charge is 2.22. The molecule has 0 bridgehead atoms. The number of aryl methyl sites for hydroxylation is 1. The van der Waals surface area contributed by atoms with Gasteiger partial charge in [-0.3, -0.25) is 5.41 Å². The van der Waals surface area contributed by atoms with Crippen LogP contribution in [0.3, 0.4) is 0 Å². The molecule has 1 unspecified atom stereocenters. The van der Waals surface area contributed by atoms with Gasteiger partial charge in [-0.1, -0.05) is 6.92 Å². The van der Waals surface area contributed by atoms with Crippen molar-refractivity contribution in [3.8, 4) is 0 Å². The minimum absolute atomic E-state index is 0.0667. The molecule has 0 saturated carbocycles. The second-order valence-electron chi connectivity index (χ2n) is 4.58. The molecule has 98 valence electrons. The SMILES string of the molecule is CCC1CN(c2nc(C)ccc2C(=N)N)CCO1. The van der Waals surface area contributed by atoms with Crippen molar-refractivity contribution < 1.29 is 4.74 Å². The van der Waals surface area contributed by atoms with Gasteiger partial charge in [0.2, 0.25) is 0 Å². The standard InChI is InChI=1S/C13H20N4O/c1-3-10-8-17(6-7-18-10)13-11(12(14)15)5-4-9(2)16-13/h4-5,10H,3,6-8H2,1-2H3,(H3,14,15). The monoisotopic (exact) mass is 248 g/mol. The van der Waals surface area contributed by atoms with Gasteiger partial charge in [0.1, 0.15) is 11.7 Å². The molecule has 2 rings (SSSR count). The Morgan fingerprint density at radius 2 is 2.39 bits per heavy atom. The fourth-order valence-electron chi connectivity index (χ4n) is 2.15. The number of nitrogens with zero attached hydrogens (tertiary/aromatic N) is 2. The van der Waals surface area contributed by atoms with E-state index in [0.29, 0.717) is 12.2 Å². The van der Waals surface area contributed by atoms with E-state index in [1.54, 1.807) is 0 Å². The van der Waals surface area contributed by atoms with E-state index < -0.39 is 0 Å². The van der Waals surface area contributed by atoms with Crippen molar-refractivity contribution in [2.75, 3.05) is 24.6 Å². The summed E-state index contributed by atoms with van der Waals surface area (Å²) in [5.41, 5.74) is 7.27. The molecule has 0 amide bonds. The lowest BCUT2D eigenvalue weighted by Gasteiger charge is -2.34. The summed E-state index contributed by atoms with van der Waals surface area (Å²) in [5, 5.41) is 7.64. The Kier molecular flexibility index (Phi) is 3.81. The average molecular weight is 248 g/mol. The number of ether oxygens (including phenoxy) is 1. The first kappa shape index (κ1) is 12.8. The van der Waals surface area contributed by atoms with Crippen molar-refractivity contribution >= 4 is 11.7 Å². The maximum absolute atomic E-state index is 7.64. The van der Waals surface area contributed by atoms with Crippen molar-refractivity contribution in [1.82, 2.24) is 4.98 Å². The van der Waals surface area contributed by atoms with Crippen molar-refractivity contribution in [2.24, 2.45) is 5.73 Å². The van der Waals surface area contributed by atoms with Crippen LogP contribution in [0.4, 0.5) is 5.82 Å². The summed E-state index contributed by atoms with van der Waals surface area (Å²) in [5.74, 6) is 0.876. The van der Waals surface area contributed by atoms with Gasteiger partial charge < -0.3 is 15.4 Å². The summed E-state index contributed by atoms with van der Waals surface area (Å²) < 4.78 is 5.66. The topological polar surface area (TPSA) is 75.2 Å². The lowest BCUT2D eigenvalue weighted by atomic mass is 10.1. The van der Waals surface area contributed by atoms with E-state index in [4.69, 9.17) is 15.9 Å². The Morgan fingerprint density at radius 3 is 3.06 bits per heavy atom. The zero-order valence-electron chi connectivity index (χ0n) is 10.9. The molecule has 1 aromatic rings. The van der Waals surface area contributed by atoms with Gasteiger partial charge in [-0.05, 0) is 25.5 Å². The first-order valence-electron chi connectivity index (χ1n) is 6.30. The molecular weight excluding hydrogens is 228 g/mol. The summed E-state index contributed by atoms with van der Waals surface area (Å²) in [7, 11) is 0. The fourth-order valence-corrected chi connectivity index (χ4v) is 2.15. The summed E-state index contributed by atoms with van der Waals surface area (Å²) in [4.78, 5) is 6.70. The van der Waals surface area contributed by atoms with Crippen LogP contribution in [0.15, 0.2) is 12.1 Å². The largest absolute Gasteiger partial charge is 0.384 e. The molecule has 1 atom stereocenters. The number of nitrogens with one attached hydrogen (secondary N) is 1. The van der Waals surface area contributed by atoms with Gasteiger partial charge in [-0.15, -0.1) is 0 Å². The number of nitrogens with two attached hydrogens (primary N) is 1. The van der Waals surface area contributed by atoms with Crippen molar-refractivity contribution in [2.45, 2.75) is 26.4 Å². The van der Waals surface area contributed by atoms with Crippen molar-refractivity contribution in [1.29, 1.82) is 5.41 Å². The Hall–Kier alpha value is -1.62. The third kappa shape index (κ3) is 2.61. The smallest absolute Gasteiger partial charge is 0.140 e. The Balaban J connectivity index is 2.31. The lowest BCUT2D eigenvalue weighted by Crippen LogP contribution is -2.43. The number of amidine groups is 1. The normalized spacial score (nSPS) is 19.9. The average Bonchev–Trinajstić information content (AvgIpc) is 2.38. The maximum atomic E-state index is 7.64. The van der Waals surface area contributed by atoms with Crippen LogP contribution in [0.25, 0.3) is 0 Å². The molecule has 1 fully saturated rings. The molecule has 1 saturated heterocycles. The maximum Gasteiger partial charge on any atom is 0.140 e. The summed E-state index contributed by atoms with van der Waals surface area (Å²) in [6.45, 7) is 6.38. The molecule has 2 heterocycles. The molecule has 1 aliphatic rings. The predicted molar refractivity (Wildman–Crippen MR) is 72.2 cm³/mol. The van der Waals surface area contributed by atoms with Gasteiger partial charge in [0, 0.05) is 18.8 Å². The molecule has 5 heteroatoms. The van der Waals surface area contributed by atoms with Crippen LogP contribution < -0.4 is 10.6 Å². The first-order valence-corrected chi connectivity index (χ1v) is 6.30. The second-order valence-corrected chi connectivity index (χ2v) is 4.58. The summed E-state index contributed by atoms with van der Waals surface area (Å²) >= 11 is 0. The Labute approximate surface area is 107 Å². The molecule has 5 nitrogen and oxygen atoms in total. The highest BCUT2D eigenvalue weighted by molar-refractivity contribution is 5.99. The van der Waals surface area contributed by atoms with Crippen LogP contribution in [0, 0.1) is 12.3 Å². The van der Waals surface area contributed by atoms with E-state index in [2.05, 4.69) is 16.8 Å². The van der Waals surface area contributed by atoms with Crippen LogP contribution in [0.1, 0.15) is 24.6 Å². The lowest BCUT2D eigenvalue weighted by molar-refractivity contribution is 0.0381. The van der Waals surface area contributed by atoms with Crippen LogP contribution in [-0.4, -0.2) is 36.6 Å². The minimum Gasteiger partial charge on any atom is -0.384 e. The van der Waals surface area contributed by atoms with E-state index in [0.717, 1.165) is 31.0 Å². The Bertz CT molecular complexity index is 447. The molecule has 0 aliphatic carbocycles. The van der Waals surface area contributed by atoms with E-state index in [-0.39, 0.29) is 11.9 Å². The summed E-state index contributed by atoms with van der Waals surface area (Å²) in [6.07, 6.45) is 1.22. The zero-order valence-corrected chi connectivity index (χ0v) is 10.9. The fraction of sp³-hybridized carbons (Fsp3) is 0.538. The molecule has 3 N–H and O–H groups in total. The third-order valence-corrected chi connectivity index (χ3v) is 3.20. The van der Waals surface area contributed by atoms with Gasteiger partial charge >= 0.3 is 0 Å². The molecule has 18 heavy (non-hydrogen) atoms. The van der Waals surface area contributed by atoms with E-state index in [1.807, 2.05) is 19.1 Å². The number of aromatic nitrogens is 1. The molecule has 0 aromatic carbocycles. The number of morpholine rings is 1. The van der Waals surface area contributed by atoms with Crippen molar-refractivity contribution in [3.63, 3.8) is 0 Å². The van der Waals surface area contributed by atoms with Crippen LogP contribution in [-0.2, 0) is 4.74 Å². The van der Waals surface area contributed by atoms with Gasteiger partial charge in [-0.2, -0.15) is 0 Å². The highest BCUT2D eigenvalue weighted by atomic mass is 16.5. The number of rotatable bonds is 3. The third-order valence-electron chi connectivity index (χ3n) is 3.20. The first-order chi connectivity index (χ1) is 8.61. The van der Waals surface area contributed by atoms with Gasteiger partial charge in [0.25, 0.3) is 0 Å². The number of anilines is 1. The molecule has 0 spiro atoms. The summed E-state index contributed by atoms with van der Waals surface area (Å²) in [6, 6.07) is 3.76. The number of hydrogen-bond acceptors (Lipinski definition) is 4. The van der Waals surface area contributed by atoms with Crippen LogP contribution >= 0.6 is 0 Å². The van der Waals surface area contributed by atoms with Crippen LogP contribution in [0.2, 0.25) is 0 Å². The highest BCUT2D eigenvalue weighted by Crippen LogP contribution is 2.21. The van der Waals surface area contributed by atoms with Crippen LogP contribution in [0.5, 0.6) is 0 Å². The zero-order chi connectivity index (χ0) is 13.1. The predicted octanol–water partition coefficient (Wildman–Crippen LogP) is 1.29. The van der Waals surface area contributed by atoms with E-state index >= 15 is 0 Å².